The quantitative estimate of drug-likeness (QED) is 0.709. The molecule has 1 atom stereocenters. The number of benzene rings is 1. The fraction of sp³-hybridized carbons (Fsp3) is 0.458. The highest BCUT2D eigenvalue weighted by Crippen LogP contribution is 2.30. The highest BCUT2D eigenvalue weighted by Gasteiger charge is 2.38. The standard InChI is InChI=1S/C24H28ClN3O3/c25-19-5-3-18(4-6-19)16-24(11-7-22(29)27-24)12-8-23(30)28-14-9-20(10-15-28)31-21-2-1-13-26-17-21/h1-6,13,17,20H,7-12,14-16H2,(H,27,29). The summed E-state index contributed by atoms with van der Waals surface area (Å²) in [6, 6.07) is 11.5. The third kappa shape index (κ3) is 5.76. The summed E-state index contributed by atoms with van der Waals surface area (Å²) in [5.74, 6) is 0.986. The molecule has 31 heavy (non-hydrogen) atoms. The lowest BCUT2D eigenvalue weighted by Gasteiger charge is -2.34. The SMILES string of the molecule is O=C1CCC(CCC(=O)N2CCC(Oc3cccnc3)CC2)(Cc2ccc(Cl)cc2)N1. The van der Waals surface area contributed by atoms with Crippen LogP contribution in [-0.2, 0) is 16.0 Å². The lowest BCUT2D eigenvalue weighted by Crippen LogP contribution is -2.46. The number of piperidine rings is 1. The molecule has 3 heterocycles. The second-order valence-electron chi connectivity index (χ2n) is 8.52. The lowest BCUT2D eigenvalue weighted by atomic mass is 9.85. The molecule has 1 aromatic heterocycles. The van der Waals surface area contributed by atoms with Gasteiger partial charge in [0.15, 0.2) is 0 Å². The van der Waals surface area contributed by atoms with Crippen molar-refractivity contribution in [3.63, 3.8) is 0 Å². The molecule has 0 bridgehead atoms. The van der Waals surface area contributed by atoms with E-state index >= 15 is 0 Å². The molecule has 1 unspecified atom stereocenters. The zero-order chi connectivity index (χ0) is 21.7. The first kappa shape index (κ1) is 21.6. The molecule has 1 aromatic carbocycles. The number of aromatic nitrogens is 1. The fourth-order valence-corrected chi connectivity index (χ4v) is 4.64. The third-order valence-corrected chi connectivity index (χ3v) is 6.49. The molecule has 0 radical (unpaired) electrons. The van der Waals surface area contributed by atoms with Crippen molar-refractivity contribution in [2.45, 2.75) is 56.6 Å². The average molecular weight is 442 g/mol. The van der Waals surface area contributed by atoms with Crippen LogP contribution in [-0.4, -0.2) is 46.4 Å². The van der Waals surface area contributed by atoms with Gasteiger partial charge in [0.1, 0.15) is 11.9 Å². The summed E-state index contributed by atoms with van der Waals surface area (Å²) in [5.41, 5.74) is 0.759. The van der Waals surface area contributed by atoms with Gasteiger partial charge in [-0.25, -0.2) is 0 Å². The van der Waals surface area contributed by atoms with Gasteiger partial charge in [-0.15, -0.1) is 0 Å². The molecule has 2 aliphatic heterocycles. The van der Waals surface area contributed by atoms with E-state index in [-0.39, 0.29) is 23.5 Å². The smallest absolute Gasteiger partial charge is 0.222 e. The maximum absolute atomic E-state index is 12.9. The minimum Gasteiger partial charge on any atom is -0.489 e. The van der Waals surface area contributed by atoms with Crippen LogP contribution in [0.5, 0.6) is 5.75 Å². The van der Waals surface area contributed by atoms with E-state index in [1.807, 2.05) is 41.3 Å². The summed E-state index contributed by atoms with van der Waals surface area (Å²) in [7, 11) is 0. The van der Waals surface area contributed by atoms with Gasteiger partial charge >= 0.3 is 0 Å². The Hall–Kier alpha value is -2.60. The number of carbonyl (C=O) groups excluding carboxylic acids is 2. The van der Waals surface area contributed by atoms with Gasteiger partial charge in [-0.1, -0.05) is 23.7 Å². The van der Waals surface area contributed by atoms with E-state index in [0.29, 0.717) is 43.8 Å². The number of carbonyl (C=O) groups is 2. The maximum Gasteiger partial charge on any atom is 0.222 e. The maximum atomic E-state index is 12.9. The number of likely N-dealkylation sites (tertiary alicyclic amines) is 1. The second-order valence-corrected chi connectivity index (χ2v) is 8.95. The molecule has 2 aliphatic rings. The molecule has 0 saturated carbocycles. The van der Waals surface area contributed by atoms with Gasteiger partial charge in [0, 0.05) is 55.5 Å². The number of hydrogen-bond acceptors (Lipinski definition) is 4. The topological polar surface area (TPSA) is 71.5 Å². The van der Waals surface area contributed by atoms with Crippen molar-refractivity contribution in [3.8, 4) is 5.75 Å². The zero-order valence-electron chi connectivity index (χ0n) is 17.6. The molecular formula is C24H28ClN3O3. The number of amides is 2. The van der Waals surface area contributed by atoms with Gasteiger partial charge in [-0.05, 0) is 49.1 Å². The molecular weight excluding hydrogens is 414 g/mol. The second kappa shape index (κ2) is 9.69. The van der Waals surface area contributed by atoms with E-state index in [9.17, 15) is 9.59 Å². The molecule has 2 aromatic rings. The third-order valence-electron chi connectivity index (χ3n) is 6.24. The van der Waals surface area contributed by atoms with E-state index in [1.54, 1.807) is 12.4 Å². The molecule has 1 N–H and O–H groups in total. The molecule has 2 fully saturated rings. The summed E-state index contributed by atoms with van der Waals surface area (Å²) in [5, 5.41) is 3.85. The first-order valence-electron chi connectivity index (χ1n) is 10.9. The number of hydrogen-bond donors (Lipinski definition) is 1. The average Bonchev–Trinajstić information content (AvgIpc) is 3.15. The van der Waals surface area contributed by atoms with Crippen LogP contribution in [0, 0.1) is 0 Å². The molecule has 164 valence electrons. The van der Waals surface area contributed by atoms with Crippen LogP contribution in [0.25, 0.3) is 0 Å². The Morgan fingerprint density at radius 1 is 1.23 bits per heavy atom. The number of nitrogens with zero attached hydrogens (tertiary/aromatic N) is 2. The van der Waals surface area contributed by atoms with E-state index in [0.717, 1.165) is 30.6 Å². The summed E-state index contributed by atoms with van der Waals surface area (Å²) < 4.78 is 5.97. The Morgan fingerprint density at radius 2 is 2.00 bits per heavy atom. The van der Waals surface area contributed by atoms with Crippen molar-refractivity contribution < 1.29 is 14.3 Å². The molecule has 4 rings (SSSR count). The van der Waals surface area contributed by atoms with E-state index < -0.39 is 0 Å². The molecule has 6 nitrogen and oxygen atoms in total. The van der Waals surface area contributed by atoms with E-state index in [4.69, 9.17) is 16.3 Å². The van der Waals surface area contributed by atoms with Crippen LogP contribution in [0.1, 0.15) is 44.1 Å². The minimum atomic E-state index is -0.359. The fourth-order valence-electron chi connectivity index (χ4n) is 4.51. The van der Waals surface area contributed by atoms with Crippen molar-refractivity contribution >= 4 is 23.4 Å². The van der Waals surface area contributed by atoms with Gasteiger partial charge in [-0.3, -0.25) is 14.6 Å². The summed E-state index contributed by atoms with van der Waals surface area (Å²) in [6.45, 7) is 1.39. The Labute approximate surface area is 187 Å². The lowest BCUT2D eigenvalue weighted by molar-refractivity contribution is -0.133. The summed E-state index contributed by atoms with van der Waals surface area (Å²) >= 11 is 6.00. The number of halogens is 1. The first-order valence-corrected chi connectivity index (χ1v) is 11.3. The molecule has 0 spiro atoms. The predicted octanol–water partition coefficient (Wildman–Crippen LogP) is 3.78. The normalized spacial score (nSPS) is 21.7. The number of rotatable bonds is 7. The zero-order valence-corrected chi connectivity index (χ0v) is 18.3. The number of ether oxygens (including phenoxy) is 1. The van der Waals surface area contributed by atoms with Crippen molar-refractivity contribution in [1.82, 2.24) is 15.2 Å². The number of nitrogens with one attached hydrogen (secondary N) is 1. The highest BCUT2D eigenvalue weighted by atomic mass is 35.5. The largest absolute Gasteiger partial charge is 0.489 e. The van der Waals surface area contributed by atoms with E-state index in [1.165, 1.54) is 0 Å². The molecule has 0 aliphatic carbocycles. The van der Waals surface area contributed by atoms with Crippen LogP contribution < -0.4 is 10.1 Å². The van der Waals surface area contributed by atoms with Gasteiger partial charge in [0.25, 0.3) is 0 Å². The molecule has 2 saturated heterocycles. The van der Waals surface area contributed by atoms with Crippen molar-refractivity contribution in [2.75, 3.05) is 13.1 Å². The van der Waals surface area contributed by atoms with Gasteiger partial charge in [-0.2, -0.15) is 0 Å². The first-order chi connectivity index (χ1) is 15.0. The molecule has 7 heteroatoms. The van der Waals surface area contributed by atoms with Gasteiger partial charge in [0.05, 0.1) is 6.20 Å². The van der Waals surface area contributed by atoms with Crippen molar-refractivity contribution in [2.24, 2.45) is 0 Å². The Morgan fingerprint density at radius 3 is 2.65 bits per heavy atom. The van der Waals surface area contributed by atoms with Gasteiger partial charge < -0.3 is 15.0 Å². The van der Waals surface area contributed by atoms with E-state index in [2.05, 4.69) is 10.3 Å². The molecule has 2 amide bonds. The van der Waals surface area contributed by atoms with Crippen LogP contribution in [0.2, 0.25) is 5.02 Å². The summed E-state index contributed by atoms with van der Waals surface area (Å²) in [6.07, 6.45) is 8.23. The Balaban J connectivity index is 1.29. The van der Waals surface area contributed by atoms with Gasteiger partial charge in [0.2, 0.25) is 11.8 Å². The van der Waals surface area contributed by atoms with Crippen LogP contribution in [0.15, 0.2) is 48.8 Å². The Bertz CT molecular complexity index is 898. The minimum absolute atomic E-state index is 0.0646. The van der Waals surface area contributed by atoms with Crippen LogP contribution >= 0.6 is 11.6 Å². The van der Waals surface area contributed by atoms with Crippen molar-refractivity contribution in [3.05, 3.63) is 59.4 Å². The highest BCUT2D eigenvalue weighted by molar-refractivity contribution is 6.30. The summed E-state index contributed by atoms with van der Waals surface area (Å²) in [4.78, 5) is 30.9. The Kier molecular flexibility index (Phi) is 6.76. The van der Waals surface area contributed by atoms with Crippen molar-refractivity contribution in [1.29, 1.82) is 0 Å². The van der Waals surface area contributed by atoms with Crippen LogP contribution in [0.4, 0.5) is 0 Å². The monoisotopic (exact) mass is 441 g/mol. The predicted molar refractivity (Wildman–Crippen MR) is 119 cm³/mol. The van der Waals surface area contributed by atoms with Crippen LogP contribution in [0.3, 0.4) is 0 Å². The number of pyridine rings is 1.